The molecule has 25 heavy (non-hydrogen) atoms. The van der Waals surface area contributed by atoms with E-state index >= 15 is 0 Å². The van der Waals surface area contributed by atoms with Gasteiger partial charge < -0.3 is 27.6 Å². The average molecular weight is 398 g/mol. The molecule has 3 aromatic rings. The molecule has 128 valence electrons. The van der Waals surface area contributed by atoms with Gasteiger partial charge in [0.2, 0.25) is 6.29 Å². The van der Waals surface area contributed by atoms with E-state index in [1.54, 1.807) is 0 Å². The van der Waals surface area contributed by atoms with Crippen molar-refractivity contribution in [2.75, 3.05) is 10.6 Å². The minimum Gasteiger partial charge on any atom is -1.00 e. The maximum absolute atomic E-state index is 11.5. The monoisotopic (exact) mass is 397 g/mol. The molecule has 4 nitrogen and oxygen atoms in total. The fourth-order valence-corrected chi connectivity index (χ4v) is 2.49. The van der Waals surface area contributed by atoms with Crippen LogP contribution in [0, 0.1) is 0 Å². The van der Waals surface area contributed by atoms with Gasteiger partial charge in [-0.3, -0.25) is 4.79 Å². The average Bonchev–Trinajstić information content (AvgIpc) is 2.66. The molecular formula is C20H20BrN3O. The summed E-state index contributed by atoms with van der Waals surface area (Å²) in [5.74, 6) is 0. The molecule has 0 bridgehead atoms. The van der Waals surface area contributed by atoms with Crippen molar-refractivity contribution < 1.29 is 26.3 Å². The van der Waals surface area contributed by atoms with E-state index in [1.807, 2.05) is 77.6 Å². The van der Waals surface area contributed by atoms with Crippen molar-refractivity contribution in [2.45, 2.75) is 12.7 Å². The number of carbonyl (C=O) groups is 1. The Balaban J connectivity index is 0.00000225. The standard InChI is InChI=1S/C20H20N3O.BrH/c24-16-20(23-13-7-2-8-14-23)22-19-12-6-5-11-18(19)21-15-17-9-3-1-4-10-17;/h1-14,16,20-22H,15H2;1H/q+1;/p-1. The van der Waals surface area contributed by atoms with Gasteiger partial charge in [0.1, 0.15) is 0 Å². The summed E-state index contributed by atoms with van der Waals surface area (Å²) in [6, 6.07) is 23.8. The van der Waals surface area contributed by atoms with Crippen molar-refractivity contribution in [1.29, 1.82) is 0 Å². The lowest BCUT2D eigenvalue weighted by molar-refractivity contribution is -0.701. The summed E-state index contributed by atoms with van der Waals surface area (Å²) in [5, 5.41) is 6.71. The SMILES string of the molecule is O=CC(Nc1ccccc1NCc1ccccc1)[n+]1ccccc1.[Br-]. The Morgan fingerprint density at radius 2 is 1.44 bits per heavy atom. The first kappa shape index (κ1) is 18.7. The molecule has 0 aliphatic carbocycles. The van der Waals surface area contributed by atoms with Gasteiger partial charge in [0.25, 0.3) is 6.17 Å². The first-order valence-electron chi connectivity index (χ1n) is 7.91. The highest BCUT2D eigenvalue weighted by atomic mass is 79.9. The van der Waals surface area contributed by atoms with Gasteiger partial charge in [0, 0.05) is 18.7 Å². The molecular weight excluding hydrogens is 378 g/mol. The third kappa shape index (κ3) is 5.16. The summed E-state index contributed by atoms with van der Waals surface area (Å²) in [6.07, 6.45) is 4.18. The molecule has 2 aromatic carbocycles. The fraction of sp³-hybridized carbons (Fsp3) is 0.100. The van der Waals surface area contributed by atoms with Crippen LogP contribution in [0.15, 0.2) is 85.2 Å². The largest absolute Gasteiger partial charge is 1.00 e. The summed E-state index contributed by atoms with van der Waals surface area (Å²) in [7, 11) is 0. The predicted molar refractivity (Wildman–Crippen MR) is 95.6 cm³/mol. The molecule has 1 aromatic heterocycles. The Labute approximate surface area is 158 Å². The van der Waals surface area contributed by atoms with Crippen LogP contribution in [0.4, 0.5) is 11.4 Å². The van der Waals surface area contributed by atoms with Gasteiger partial charge in [0.15, 0.2) is 12.4 Å². The Hall–Kier alpha value is -2.66. The van der Waals surface area contributed by atoms with Crippen LogP contribution in [0.5, 0.6) is 0 Å². The summed E-state index contributed by atoms with van der Waals surface area (Å²) in [5.41, 5.74) is 3.06. The highest BCUT2D eigenvalue weighted by molar-refractivity contribution is 5.71. The van der Waals surface area contributed by atoms with Crippen LogP contribution in [0.3, 0.4) is 0 Å². The van der Waals surface area contributed by atoms with Crippen molar-refractivity contribution >= 4 is 17.7 Å². The molecule has 0 aliphatic rings. The van der Waals surface area contributed by atoms with E-state index < -0.39 is 6.17 Å². The topological polar surface area (TPSA) is 45.0 Å². The van der Waals surface area contributed by atoms with Gasteiger partial charge in [-0.2, -0.15) is 4.57 Å². The zero-order valence-electron chi connectivity index (χ0n) is 13.7. The second-order valence-electron chi connectivity index (χ2n) is 5.43. The van der Waals surface area contributed by atoms with Gasteiger partial charge in [-0.25, -0.2) is 0 Å². The van der Waals surface area contributed by atoms with Crippen molar-refractivity contribution in [2.24, 2.45) is 0 Å². The molecule has 3 rings (SSSR count). The van der Waals surface area contributed by atoms with E-state index in [9.17, 15) is 4.79 Å². The van der Waals surface area contributed by atoms with Crippen LogP contribution in [0.25, 0.3) is 0 Å². The Kier molecular flexibility index (Phi) is 7.16. The molecule has 5 heteroatoms. The number of halogens is 1. The molecule has 0 saturated carbocycles. The number of hydrogen-bond acceptors (Lipinski definition) is 3. The van der Waals surface area contributed by atoms with E-state index in [-0.39, 0.29) is 17.0 Å². The van der Waals surface area contributed by atoms with Gasteiger partial charge in [-0.15, -0.1) is 0 Å². The molecule has 1 atom stereocenters. The highest BCUT2D eigenvalue weighted by Gasteiger charge is 2.17. The number of anilines is 2. The first-order chi connectivity index (χ1) is 11.9. The number of hydrogen-bond donors (Lipinski definition) is 2. The Bertz CT molecular complexity index is 781. The van der Waals surface area contributed by atoms with Crippen LogP contribution < -0.4 is 32.2 Å². The third-order valence-electron chi connectivity index (χ3n) is 3.74. The van der Waals surface area contributed by atoms with Crippen molar-refractivity contribution in [3.63, 3.8) is 0 Å². The molecule has 0 spiro atoms. The summed E-state index contributed by atoms with van der Waals surface area (Å²) in [4.78, 5) is 11.5. The summed E-state index contributed by atoms with van der Waals surface area (Å²) < 4.78 is 1.83. The van der Waals surface area contributed by atoms with Gasteiger partial charge in [-0.1, -0.05) is 48.5 Å². The van der Waals surface area contributed by atoms with Crippen LogP contribution in [-0.2, 0) is 11.3 Å². The molecule has 0 saturated heterocycles. The number of carbonyl (C=O) groups excluding carboxylic acids is 1. The number of aromatic nitrogens is 1. The van der Waals surface area contributed by atoms with Crippen LogP contribution in [0.1, 0.15) is 11.7 Å². The molecule has 0 fully saturated rings. The van der Waals surface area contributed by atoms with E-state index in [1.165, 1.54) is 5.56 Å². The fourth-order valence-electron chi connectivity index (χ4n) is 2.49. The Morgan fingerprint density at radius 1 is 0.840 bits per heavy atom. The number of aldehydes is 1. The number of para-hydroxylation sites is 2. The van der Waals surface area contributed by atoms with Crippen LogP contribution in [-0.4, -0.2) is 6.29 Å². The lowest BCUT2D eigenvalue weighted by atomic mass is 10.2. The van der Waals surface area contributed by atoms with E-state index in [0.29, 0.717) is 0 Å². The molecule has 0 amide bonds. The van der Waals surface area contributed by atoms with E-state index in [4.69, 9.17) is 0 Å². The summed E-state index contributed by atoms with van der Waals surface area (Å²) >= 11 is 0. The second-order valence-corrected chi connectivity index (χ2v) is 5.43. The normalized spacial score (nSPS) is 11.0. The minimum absolute atomic E-state index is 0. The van der Waals surface area contributed by atoms with Gasteiger partial charge in [0.05, 0.1) is 11.4 Å². The van der Waals surface area contributed by atoms with Crippen LogP contribution in [0.2, 0.25) is 0 Å². The lowest BCUT2D eigenvalue weighted by Gasteiger charge is -2.15. The number of nitrogens with zero attached hydrogens (tertiary/aromatic N) is 1. The third-order valence-corrected chi connectivity index (χ3v) is 3.74. The molecule has 0 radical (unpaired) electrons. The maximum Gasteiger partial charge on any atom is 0.288 e. The van der Waals surface area contributed by atoms with Crippen molar-refractivity contribution in [3.05, 3.63) is 90.8 Å². The second kappa shape index (κ2) is 9.59. The minimum atomic E-state index is -0.453. The maximum atomic E-state index is 11.5. The van der Waals surface area contributed by atoms with Gasteiger partial charge in [-0.05, 0) is 17.7 Å². The predicted octanol–water partition coefficient (Wildman–Crippen LogP) is 0.400. The highest BCUT2D eigenvalue weighted by Crippen LogP contribution is 2.23. The smallest absolute Gasteiger partial charge is 0.288 e. The lowest BCUT2D eigenvalue weighted by Crippen LogP contribution is -3.00. The van der Waals surface area contributed by atoms with Crippen molar-refractivity contribution in [1.82, 2.24) is 0 Å². The van der Waals surface area contributed by atoms with Crippen molar-refractivity contribution in [3.8, 4) is 0 Å². The first-order valence-corrected chi connectivity index (χ1v) is 7.91. The number of nitrogens with one attached hydrogen (secondary N) is 2. The molecule has 2 N–H and O–H groups in total. The van der Waals surface area contributed by atoms with Crippen LogP contribution >= 0.6 is 0 Å². The number of benzene rings is 2. The number of rotatable bonds is 7. The van der Waals surface area contributed by atoms with E-state index in [0.717, 1.165) is 24.2 Å². The van der Waals surface area contributed by atoms with E-state index in [2.05, 4.69) is 22.8 Å². The summed E-state index contributed by atoms with van der Waals surface area (Å²) in [6.45, 7) is 0.726. The Morgan fingerprint density at radius 3 is 2.12 bits per heavy atom. The number of pyridine rings is 1. The quantitative estimate of drug-likeness (QED) is 0.448. The molecule has 1 heterocycles. The molecule has 1 unspecified atom stereocenters. The van der Waals surface area contributed by atoms with Gasteiger partial charge >= 0.3 is 0 Å². The molecule has 0 aliphatic heterocycles. The zero-order valence-corrected chi connectivity index (χ0v) is 15.3. The zero-order chi connectivity index (χ0) is 16.6.